The van der Waals surface area contributed by atoms with Crippen LogP contribution in [0.2, 0.25) is 5.02 Å². The summed E-state index contributed by atoms with van der Waals surface area (Å²) >= 11 is 5.85. The molecule has 0 aliphatic heterocycles. The Kier molecular flexibility index (Phi) is 10.2. The maximum absolute atomic E-state index is 12.7. The quantitative estimate of drug-likeness (QED) is 0.173. The van der Waals surface area contributed by atoms with Gasteiger partial charge in [0.15, 0.2) is 12.4 Å². The Morgan fingerprint density at radius 1 is 0.750 bits per heavy atom. The van der Waals surface area contributed by atoms with E-state index >= 15 is 0 Å². The number of nitrogens with one attached hydrogen (secondary N) is 2. The van der Waals surface area contributed by atoms with E-state index in [2.05, 4.69) is 64.3 Å². The van der Waals surface area contributed by atoms with E-state index in [-0.39, 0.29) is 35.5 Å². The molecular weight excluding hydrogens is 524 g/mol. The van der Waals surface area contributed by atoms with Gasteiger partial charge in [0.2, 0.25) is 5.91 Å². The van der Waals surface area contributed by atoms with Crippen molar-refractivity contribution in [3.63, 3.8) is 0 Å². The van der Waals surface area contributed by atoms with Crippen LogP contribution in [0.4, 0.5) is 11.4 Å². The maximum atomic E-state index is 12.7. The second-order valence-electron chi connectivity index (χ2n) is 11.3. The lowest BCUT2D eigenvalue weighted by molar-refractivity contribution is -0.118. The van der Waals surface area contributed by atoms with Crippen LogP contribution in [0.5, 0.6) is 5.75 Å². The minimum atomic E-state index is -0.418. The smallest absolute Gasteiger partial charge is 0.262 e. The number of halogens is 1. The third kappa shape index (κ3) is 8.18. The van der Waals surface area contributed by atoms with Gasteiger partial charge in [-0.15, -0.1) is 0 Å². The van der Waals surface area contributed by atoms with Gasteiger partial charge >= 0.3 is 0 Å². The van der Waals surface area contributed by atoms with Gasteiger partial charge in [-0.05, 0) is 83.8 Å². The summed E-state index contributed by atoms with van der Waals surface area (Å²) in [5, 5.41) is 6.04. The molecule has 0 saturated carbocycles. The van der Waals surface area contributed by atoms with Crippen molar-refractivity contribution in [2.75, 3.05) is 17.2 Å². The zero-order chi connectivity index (χ0) is 29.5. The molecule has 2 N–H and O–H groups in total. The van der Waals surface area contributed by atoms with Gasteiger partial charge in [-0.1, -0.05) is 65.3 Å². The highest BCUT2D eigenvalue weighted by Crippen LogP contribution is 2.38. The van der Waals surface area contributed by atoms with Gasteiger partial charge in [-0.3, -0.25) is 14.4 Å². The van der Waals surface area contributed by atoms with Crippen molar-refractivity contribution >= 4 is 40.6 Å². The molecule has 3 rings (SSSR count). The van der Waals surface area contributed by atoms with Gasteiger partial charge < -0.3 is 15.4 Å². The van der Waals surface area contributed by atoms with E-state index in [9.17, 15) is 14.4 Å². The fourth-order valence-corrected chi connectivity index (χ4v) is 4.19. The van der Waals surface area contributed by atoms with E-state index in [1.165, 1.54) is 5.56 Å². The fourth-order valence-electron chi connectivity index (χ4n) is 4.07. The van der Waals surface area contributed by atoms with E-state index in [4.69, 9.17) is 16.3 Å². The molecule has 0 aliphatic rings. The van der Waals surface area contributed by atoms with Crippen LogP contribution in [0.15, 0.2) is 66.7 Å². The molecule has 0 saturated heterocycles. The van der Waals surface area contributed by atoms with Gasteiger partial charge in [0, 0.05) is 27.5 Å². The van der Waals surface area contributed by atoms with E-state index in [1.807, 2.05) is 6.07 Å². The van der Waals surface area contributed by atoms with Crippen LogP contribution >= 0.6 is 11.6 Å². The predicted octanol–water partition coefficient (Wildman–Crippen LogP) is 7.94. The van der Waals surface area contributed by atoms with Crippen LogP contribution in [0.3, 0.4) is 0 Å². The molecule has 0 radical (unpaired) electrons. The number of hydrogen-bond acceptors (Lipinski definition) is 4. The van der Waals surface area contributed by atoms with E-state index < -0.39 is 5.91 Å². The zero-order valence-corrected chi connectivity index (χ0v) is 24.9. The van der Waals surface area contributed by atoms with Crippen LogP contribution in [0.1, 0.15) is 82.3 Å². The van der Waals surface area contributed by atoms with Gasteiger partial charge in [0.25, 0.3) is 5.91 Å². The SMILES string of the molecule is CCC(C)(C)c1ccc(OCC(=O)Nc2ccc(C(=O)CC(=O)Nc3ccc(Cl)cc3)cc2)c(C(C)(C)CC)c1. The molecule has 0 unspecified atom stereocenters. The van der Waals surface area contributed by atoms with E-state index in [1.54, 1.807) is 48.5 Å². The summed E-state index contributed by atoms with van der Waals surface area (Å²) in [6, 6.07) is 19.4. The topological polar surface area (TPSA) is 84.5 Å². The summed E-state index contributed by atoms with van der Waals surface area (Å²) in [7, 11) is 0. The highest BCUT2D eigenvalue weighted by molar-refractivity contribution is 6.30. The Balaban J connectivity index is 1.59. The highest BCUT2D eigenvalue weighted by Gasteiger charge is 2.27. The average molecular weight is 563 g/mol. The summed E-state index contributed by atoms with van der Waals surface area (Å²) in [5.41, 5.74) is 3.74. The van der Waals surface area contributed by atoms with Gasteiger partial charge in [-0.25, -0.2) is 0 Å². The summed E-state index contributed by atoms with van der Waals surface area (Å²) < 4.78 is 6.00. The Labute approximate surface area is 242 Å². The number of carbonyl (C=O) groups excluding carboxylic acids is 3. The third-order valence-corrected chi connectivity index (χ3v) is 7.81. The number of carbonyl (C=O) groups is 3. The molecule has 3 aromatic carbocycles. The summed E-state index contributed by atoms with van der Waals surface area (Å²) in [6.07, 6.45) is 1.65. The Morgan fingerprint density at radius 3 is 1.88 bits per heavy atom. The number of hydrogen-bond donors (Lipinski definition) is 2. The lowest BCUT2D eigenvalue weighted by Gasteiger charge is -2.30. The van der Waals surface area contributed by atoms with Crippen molar-refractivity contribution < 1.29 is 19.1 Å². The fraction of sp³-hybridized carbons (Fsp3) is 0.364. The highest BCUT2D eigenvalue weighted by atomic mass is 35.5. The first-order valence-electron chi connectivity index (χ1n) is 13.6. The molecule has 3 aromatic rings. The van der Waals surface area contributed by atoms with E-state index in [0.717, 1.165) is 18.4 Å². The van der Waals surface area contributed by atoms with Crippen molar-refractivity contribution in [1.82, 2.24) is 0 Å². The molecule has 0 aromatic heterocycles. The minimum Gasteiger partial charge on any atom is -0.483 e. The molecule has 0 aliphatic carbocycles. The van der Waals surface area contributed by atoms with Crippen molar-refractivity contribution in [1.29, 1.82) is 0 Å². The first-order valence-corrected chi connectivity index (χ1v) is 14.0. The molecule has 0 bridgehead atoms. The standard InChI is InChI=1S/C33H39ClN2O4/c1-7-32(3,4)23-11-18-29(27(19-23)33(5,6)8-2)40-21-31(39)36-25-14-9-22(10-15-25)28(37)20-30(38)35-26-16-12-24(34)13-17-26/h9-19H,7-8,20-21H2,1-6H3,(H,35,38)(H,36,39). The summed E-state index contributed by atoms with van der Waals surface area (Å²) in [5.74, 6) is -0.345. The number of anilines is 2. The maximum Gasteiger partial charge on any atom is 0.262 e. The lowest BCUT2D eigenvalue weighted by Crippen LogP contribution is -2.24. The van der Waals surface area contributed by atoms with Crippen LogP contribution in [-0.4, -0.2) is 24.2 Å². The Hall–Kier alpha value is -3.64. The Morgan fingerprint density at radius 2 is 1.30 bits per heavy atom. The summed E-state index contributed by atoms with van der Waals surface area (Å²) in [4.78, 5) is 37.5. The second kappa shape index (κ2) is 13.1. The monoisotopic (exact) mass is 562 g/mol. The molecular formula is C33H39ClN2O4. The first-order chi connectivity index (χ1) is 18.8. The number of benzene rings is 3. The molecule has 6 nitrogen and oxygen atoms in total. The second-order valence-corrected chi connectivity index (χ2v) is 11.7. The average Bonchev–Trinajstić information content (AvgIpc) is 2.93. The van der Waals surface area contributed by atoms with Crippen molar-refractivity contribution in [2.24, 2.45) is 0 Å². The molecule has 0 spiro atoms. The molecule has 0 fully saturated rings. The summed E-state index contributed by atoms with van der Waals surface area (Å²) in [6.45, 7) is 13.0. The number of amides is 2. The molecule has 2 amide bonds. The predicted molar refractivity (Wildman–Crippen MR) is 163 cm³/mol. The van der Waals surface area contributed by atoms with Crippen LogP contribution in [0, 0.1) is 0 Å². The van der Waals surface area contributed by atoms with E-state index in [0.29, 0.717) is 27.7 Å². The van der Waals surface area contributed by atoms with Crippen molar-refractivity contribution in [3.05, 3.63) is 88.4 Å². The van der Waals surface area contributed by atoms with Crippen LogP contribution < -0.4 is 15.4 Å². The van der Waals surface area contributed by atoms with Crippen molar-refractivity contribution in [2.45, 2.75) is 71.6 Å². The first kappa shape index (κ1) is 30.9. The molecule has 212 valence electrons. The van der Waals surface area contributed by atoms with Crippen molar-refractivity contribution in [3.8, 4) is 5.75 Å². The third-order valence-electron chi connectivity index (χ3n) is 7.56. The largest absolute Gasteiger partial charge is 0.483 e. The number of ether oxygens (including phenoxy) is 1. The molecule has 7 heteroatoms. The lowest BCUT2D eigenvalue weighted by atomic mass is 9.76. The molecule has 0 heterocycles. The van der Waals surface area contributed by atoms with Gasteiger partial charge in [0.1, 0.15) is 5.75 Å². The minimum absolute atomic E-state index is 0.0442. The Bertz CT molecular complexity index is 1350. The number of rotatable bonds is 12. The van der Waals surface area contributed by atoms with Gasteiger partial charge in [0.05, 0.1) is 6.42 Å². The molecule has 40 heavy (non-hydrogen) atoms. The van der Waals surface area contributed by atoms with Gasteiger partial charge in [-0.2, -0.15) is 0 Å². The zero-order valence-electron chi connectivity index (χ0n) is 24.2. The number of ketones is 1. The van der Waals surface area contributed by atoms with Crippen LogP contribution in [-0.2, 0) is 20.4 Å². The molecule has 0 atom stereocenters. The van der Waals surface area contributed by atoms with Crippen LogP contribution in [0.25, 0.3) is 0 Å². The normalized spacial score (nSPS) is 11.6. The number of Topliss-reactive ketones (excluding diaryl/α,β-unsaturated/α-hetero) is 1.